The van der Waals surface area contributed by atoms with Gasteiger partial charge in [-0.25, -0.2) is 0 Å². The average molecular weight is 318 g/mol. The van der Waals surface area contributed by atoms with Crippen LogP contribution in [0.15, 0.2) is 9.85 Å². The Morgan fingerprint density at radius 2 is 2.47 bits per heavy atom. The molecule has 0 radical (unpaired) electrons. The van der Waals surface area contributed by atoms with E-state index in [1.165, 1.54) is 28.6 Å². The van der Waals surface area contributed by atoms with Crippen molar-refractivity contribution in [1.82, 2.24) is 5.32 Å². The van der Waals surface area contributed by atoms with Gasteiger partial charge in [-0.3, -0.25) is 0 Å². The highest BCUT2D eigenvalue weighted by molar-refractivity contribution is 9.11. The van der Waals surface area contributed by atoms with Crippen molar-refractivity contribution in [3.05, 3.63) is 20.3 Å². The first-order valence-electron chi connectivity index (χ1n) is 6.33. The van der Waals surface area contributed by atoms with Gasteiger partial charge in [0.2, 0.25) is 0 Å². The van der Waals surface area contributed by atoms with Crippen LogP contribution in [0, 0.1) is 0 Å². The van der Waals surface area contributed by atoms with Gasteiger partial charge in [0.25, 0.3) is 0 Å². The minimum atomic E-state index is 0.299. The Labute approximate surface area is 116 Å². The van der Waals surface area contributed by atoms with Crippen LogP contribution in [0.1, 0.15) is 43.2 Å². The van der Waals surface area contributed by atoms with Gasteiger partial charge in [-0.1, -0.05) is 0 Å². The number of halogens is 1. The van der Waals surface area contributed by atoms with Crippen LogP contribution in [0.5, 0.6) is 0 Å². The second-order valence-electron chi connectivity index (χ2n) is 4.55. The van der Waals surface area contributed by atoms with Gasteiger partial charge in [0, 0.05) is 24.1 Å². The first-order chi connectivity index (χ1) is 8.20. The molecular weight excluding hydrogens is 298 g/mol. The third-order valence-corrected chi connectivity index (χ3v) is 4.90. The molecule has 0 bridgehead atoms. The molecule has 0 amide bonds. The summed E-state index contributed by atoms with van der Waals surface area (Å²) < 4.78 is 6.82. The van der Waals surface area contributed by atoms with E-state index < -0.39 is 0 Å². The van der Waals surface area contributed by atoms with Crippen LogP contribution in [0.4, 0.5) is 0 Å². The monoisotopic (exact) mass is 317 g/mol. The lowest BCUT2D eigenvalue weighted by Crippen LogP contribution is -2.31. The predicted octanol–water partition coefficient (Wildman–Crippen LogP) is 3.90. The SMILES string of the molecule is CCOC(C)CNC1CCCc2sc(Br)cc21. The summed E-state index contributed by atoms with van der Waals surface area (Å²) in [5.41, 5.74) is 1.50. The van der Waals surface area contributed by atoms with Crippen molar-refractivity contribution in [3.63, 3.8) is 0 Å². The van der Waals surface area contributed by atoms with Crippen molar-refractivity contribution < 1.29 is 4.74 Å². The minimum absolute atomic E-state index is 0.299. The fraction of sp³-hybridized carbons (Fsp3) is 0.692. The lowest BCUT2D eigenvalue weighted by Gasteiger charge is -2.25. The van der Waals surface area contributed by atoms with E-state index in [9.17, 15) is 0 Å². The van der Waals surface area contributed by atoms with Gasteiger partial charge in [-0.05, 0) is 60.7 Å². The van der Waals surface area contributed by atoms with E-state index in [1.807, 2.05) is 18.3 Å². The number of thiophene rings is 1. The summed E-state index contributed by atoms with van der Waals surface area (Å²) >= 11 is 5.47. The largest absolute Gasteiger partial charge is 0.377 e. The molecule has 2 rings (SSSR count). The maximum Gasteiger partial charge on any atom is 0.0704 e. The molecule has 0 spiro atoms. The number of nitrogens with one attached hydrogen (secondary N) is 1. The van der Waals surface area contributed by atoms with Gasteiger partial charge >= 0.3 is 0 Å². The topological polar surface area (TPSA) is 21.3 Å². The van der Waals surface area contributed by atoms with Crippen LogP contribution in [-0.4, -0.2) is 19.3 Å². The second kappa shape index (κ2) is 6.32. The summed E-state index contributed by atoms with van der Waals surface area (Å²) in [5.74, 6) is 0. The van der Waals surface area contributed by atoms with Crippen molar-refractivity contribution >= 4 is 27.3 Å². The smallest absolute Gasteiger partial charge is 0.0704 e. The Bertz CT molecular complexity index is 366. The van der Waals surface area contributed by atoms with Gasteiger partial charge in [0.05, 0.1) is 9.89 Å². The first kappa shape index (κ1) is 13.5. The summed E-state index contributed by atoms with van der Waals surface area (Å²) in [6.07, 6.45) is 4.08. The predicted molar refractivity (Wildman–Crippen MR) is 76.8 cm³/mol. The second-order valence-corrected chi connectivity index (χ2v) is 7.06. The van der Waals surface area contributed by atoms with Gasteiger partial charge in [-0.2, -0.15) is 0 Å². The van der Waals surface area contributed by atoms with Crippen LogP contribution in [-0.2, 0) is 11.2 Å². The number of hydrogen-bond donors (Lipinski definition) is 1. The van der Waals surface area contributed by atoms with Gasteiger partial charge < -0.3 is 10.1 Å². The van der Waals surface area contributed by atoms with Crippen molar-refractivity contribution in [2.45, 2.75) is 45.3 Å². The van der Waals surface area contributed by atoms with Crippen molar-refractivity contribution in [2.75, 3.05) is 13.2 Å². The van der Waals surface area contributed by atoms with Crippen molar-refractivity contribution in [2.24, 2.45) is 0 Å². The van der Waals surface area contributed by atoms with E-state index in [-0.39, 0.29) is 0 Å². The number of hydrogen-bond acceptors (Lipinski definition) is 3. The Morgan fingerprint density at radius 1 is 1.65 bits per heavy atom. The highest BCUT2D eigenvalue weighted by Gasteiger charge is 2.22. The summed E-state index contributed by atoms with van der Waals surface area (Å²) in [6, 6.07) is 2.80. The molecule has 0 fully saturated rings. The van der Waals surface area contributed by atoms with Gasteiger partial charge in [-0.15, -0.1) is 11.3 Å². The third-order valence-electron chi connectivity index (χ3n) is 3.19. The molecule has 1 aliphatic rings. The van der Waals surface area contributed by atoms with E-state index in [0.29, 0.717) is 12.1 Å². The first-order valence-corrected chi connectivity index (χ1v) is 7.94. The van der Waals surface area contributed by atoms with Crippen molar-refractivity contribution in [1.29, 1.82) is 0 Å². The van der Waals surface area contributed by atoms with E-state index in [1.54, 1.807) is 4.88 Å². The third kappa shape index (κ3) is 3.53. The fourth-order valence-electron chi connectivity index (χ4n) is 2.39. The molecule has 96 valence electrons. The highest BCUT2D eigenvalue weighted by atomic mass is 79.9. The van der Waals surface area contributed by atoms with Crippen LogP contribution in [0.2, 0.25) is 0 Å². The number of rotatable bonds is 5. The Balaban J connectivity index is 1.94. The molecular formula is C13H20BrNOS. The summed E-state index contributed by atoms with van der Waals surface area (Å²) in [5, 5.41) is 3.64. The van der Waals surface area contributed by atoms with Gasteiger partial charge in [0.1, 0.15) is 0 Å². The van der Waals surface area contributed by atoms with Crippen LogP contribution in [0.3, 0.4) is 0 Å². The van der Waals surface area contributed by atoms with Crippen LogP contribution < -0.4 is 5.32 Å². The normalized spacial score (nSPS) is 21.2. The molecule has 2 atom stereocenters. The zero-order valence-electron chi connectivity index (χ0n) is 10.5. The van der Waals surface area contributed by atoms with E-state index in [2.05, 4.69) is 34.2 Å². The molecule has 0 aromatic carbocycles. The minimum Gasteiger partial charge on any atom is -0.377 e. The average Bonchev–Trinajstić information content (AvgIpc) is 2.67. The molecule has 17 heavy (non-hydrogen) atoms. The number of aryl methyl sites for hydroxylation is 1. The molecule has 1 heterocycles. The molecule has 1 aliphatic carbocycles. The zero-order chi connectivity index (χ0) is 12.3. The Hall–Kier alpha value is 0.100. The summed E-state index contributed by atoms with van der Waals surface area (Å²) in [4.78, 5) is 1.55. The maximum absolute atomic E-state index is 5.56. The van der Waals surface area contributed by atoms with E-state index in [4.69, 9.17) is 4.74 Å². The van der Waals surface area contributed by atoms with E-state index >= 15 is 0 Å². The fourth-order valence-corrected chi connectivity index (χ4v) is 4.20. The van der Waals surface area contributed by atoms with Crippen molar-refractivity contribution in [3.8, 4) is 0 Å². The summed E-state index contributed by atoms with van der Waals surface area (Å²) in [7, 11) is 0. The lowest BCUT2D eigenvalue weighted by molar-refractivity contribution is 0.0734. The van der Waals surface area contributed by atoms with Crippen LogP contribution in [0.25, 0.3) is 0 Å². The lowest BCUT2D eigenvalue weighted by atomic mass is 9.94. The molecule has 0 saturated carbocycles. The van der Waals surface area contributed by atoms with E-state index in [0.717, 1.165) is 13.2 Å². The summed E-state index contributed by atoms with van der Waals surface area (Å²) in [6.45, 7) is 5.91. The molecule has 1 aromatic rings. The Morgan fingerprint density at radius 3 is 3.24 bits per heavy atom. The molecule has 2 nitrogen and oxygen atoms in total. The molecule has 2 unspecified atom stereocenters. The molecule has 0 aliphatic heterocycles. The van der Waals surface area contributed by atoms with Crippen LogP contribution >= 0.6 is 27.3 Å². The standard InChI is InChI=1S/C13H20BrNOS/c1-3-16-9(2)8-15-11-5-4-6-12-10(11)7-13(14)17-12/h7,9,11,15H,3-6,8H2,1-2H3. The molecule has 1 N–H and O–H groups in total. The Kier molecular flexibility index (Phi) is 5.03. The molecule has 4 heteroatoms. The quantitative estimate of drug-likeness (QED) is 0.889. The zero-order valence-corrected chi connectivity index (χ0v) is 12.9. The molecule has 1 aromatic heterocycles. The molecule has 0 saturated heterocycles. The highest BCUT2D eigenvalue weighted by Crippen LogP contribution is 2.37. The number of ether oxygens (including phenoxy) is 1. The maximum atomic E-state index is 5.56. The number of fused-ring (bicyclic) bond motifs is 1. The van der Waals surface area contributed by atoms with Gasteiger partial charge in [0.15, 0.2) is 0 Å².